The van der Waals surface area contributed by atoms with E-state index >= 15 is 4.39 Å². The second-order valence-electron chi connectivity index (χ2n) is 12.7. The number of nitrogens with one attached hydrogen (secondary N) is 1. The molecule has 0 aliphatic carbocycles. The van der Waals surface area contributed by atoms with Crippen LogP contribution in [0, 0.1) is 11.6 Å². The molecular formula is C30H33F3N8O2S. The zero-order chi connectivity index (χ0) is 30.2. The Hall–Kier alpha value is -3.33. The van der Waals surface area contributed by atoms with Crippen molar-refractivity contribution in [2.75, 3.05) is 57.1 Å². The van der Waals surface area contributed by atoms with Gasteiger partial charge in [0.05, 0.1) is 33.3 Å². The highest BCUT2D eigenvalue weighted by Gasteiger charge is 2.50. The number of thiazole rings is 1. The van der Waals surface area contributed by atoms with Gasteiger partial charge in [-0.1, -0.05) is 11.3 Å². The van der Waals surface area contributed by atoms with Gasteiger partial charge in [-0.05, 0) is 44.4 Å². The van der Waals surface area contributed by atoms with Crippen molar-refractivity contribution >= 4 is 43.4 Å². The van der Waals surface area contributed by atoms with Crippen molar-refractivity contribution < 1.29 is 22.6 Å². The molecule has 0 unspecified atom stereocenters. The molecule has 4 aliphatic heterocycles. The highest BCUT2D eigenvalue weighted by molar-refractivity contribution is 7.22. The molecule has 3 aromatic heterocycles. The van der Waals surface area contributed by atoms with E-state index in [1.165, 1.54) is 12.1 Å². The predicted octanol–water partition coefficient (Wildman–Crippen LogP) is 4.07. The maximum atomic E-state index is 16.6. The molecule has 8 rings (SSSR count). The number of rotatable bonds is 7. The number of ether oxygens (including phenoxy) is 2. The van der Waals surface area contributed by atoms with Crippen LogP contribution in [-0.2, 0) is 4.74 Å². The second kappa shape index (κ2) is 10.4. The Morgan fingerprint density at radius 3 is 2.89 bits per heavy atom. The van der Waals surface area contributed by atoms with E-state index in [9.17, 15) is 8.78 Å². The minimum atomic E-state index is -0.904. The third kappa shape index (κ3) is 4.48. The van der Waals surface area contributed by atoms with Crippen LogP contribution in [0.3, 0.4) is 0 Å². The third-order valence-electron chi connectivity index (χ3n) is 9.78. The maximum Gasteiger partial charge on any atom is 0.319 e. The molecule has 3 N–H and O–H groups in total. The Labute approximate surface area is 255 Å². The second-order valence-corrected chi connectivity index (χ2v) is 13.7. The van der Waals surface area contributed by atoms with Gasteiger partial charge in [0.1, 0.15) is 35.6 Å². The number of hydrogen-bond acceptors (Lipinski definition) is 11. The normalized spacial score (nSPS) is 28.4. The molecule has 0 saturated carbocycles. The van der Waals surface area contributed by atoms with E-state index < -0.39 is 23.3 Å². The van der Waals surface area contributed by atoms with Gasteiger partial charge in [0, 0.05) is 51.0 Å². The molecule has 232 valence electrons. The molecule has 0 spiro atoms. The van der Waals surface area contributed by atoms with Gasteiger partial charge in [0.25, 0.3) is 0 Å². The monoisotopic (exact) mass is 626 g/mol. The number of nitrogens with two attached hydrogens (primary N) is 1. The summed E-state index contributed by atoms with van der Waals surface area (Å²) in [5.41, 5.74) is 5.80. The lowest BCUT2D eigenvalue weighted by Gasteiger charge is -2.41. The molecule has 10 nitrogen and oxygen atoms in total. The fraction of sp³-hybridized carbons (Fsp3) is 0.533. The van der Waals surface area contributed by atoms with Crippen LogP contribution >= 0.6 is 11.3 Å². The van der Waals surface area contributed by atoms with Crippen molar-refractivity contribution in [3.63, 3.8) is 0 Å². The lowest BCUT2D eigenvalue weighted by molar-refractivity contribution is 0.107. The van der Waals surface area contributed by atoms with Crippen LogP contribution in [0.2, 0.25) is 0 Å². The summed E-state index contributed by atoms with van der Waals surface area (Å²) in [6, 6.07) is 2.97. The number of piperazine rings is 1. The Morgan fingerprint density at radius 2 is 2.02 bits per heavy atom. The van der Waals surface area contributed by atoms with Crippen LogP contribution in [0.1, 0.15) is 32.1 Å². The molecule has 0 amide bonds. The largest absolute Gasteiger partial charge is 0.461 e. The van der Waals surface area contributed by atoms with Gasteiger partial charge < -0.3 is 25.4 Å². The van der Waals surface area contributed by atoms with E-state index in [1.807, 2.05) is 0 Å². The number of methoxy groups -OCH3 is 1. The van der Waals surface area contributed by atoms with E-state index in [0.717, 1.165) is 43.6 Å². The van der Waals surface area contributed by atoms with E-state index in [4.69, 9.17) is 20.2 Å². The van der Waals surface area contributed by atoms with Crippen LogP contribution in [0.25, 0.3) is 32.4 Å². The summed E-state index contributed by atoms with van der Waals surface area (Å²) in [7, 11) is 1.69. The van der Waals surface area contributed by atoms with Gasteiger partial charge in [-0.3, -0.25) is 9.88 Å². The lowest BCUT2D eigenvalue weighted by atomic mass is 9.95. The van der Waals surface area contributed by atoms with Gasteiger partial charge in [-0.2, -0.15) is 9.97 Å². The molecule has 44 heavy (non-hydrogen) atoms. The minimum absolute atomic E-state index is 0.0174. The summed E-state index contributed by atoms with van der Waals surface area (Å²) in [4.78, 5) is 22.5. The summed E-state index contributed by atoms with van der Waals surface area (Å²) in [5, 5.41) is 4.32. The Morgan fingerprint density at radius 1 is 1.14 bits per heavy atom. The van der Waals surface area contributed by atoms with Crippen LogP contribution in [0.15, 0.2) is 18.3 Å². The van der Waals surface area contributed by atoms with Crippen molar-refractivity contribution in [1.29, 1.82) is 0 Å². The number of alkyl halides is 1. The zero-order valence-corrected chi connectivity index (χ0v) is 25.1. The smallest absolute Gasteiger partial charge is 0.319 e. The molecule has 4 aromatic rings. The molecule has 0 radical (unpaired) electrons. The van der Waals surface area contributed by atoms with E-state index in [1.54, 1.807) is 13.3 Å². The molecule has 14 heteroatoms. The van der Waals surface area contributed by atoms with Gasteiger partial charge in [0.2, 0.25) is 0 Å². The first-order chi connectivity index (χ1) is 21.3. The standard InChI is InChI=1S/C30H33F3N8O2S/c1-42-14-29-7-5-17(39-29)12-40(13-29)26-19-10-35-22(18-3-4-20(32)25-24(18)36-27(34)44-25)21(33)23(19)37-28(38-26)43-15-30-6-2-8-41(30)11-16(31)9-30/h3-4,10,16-17,39H,2,5-9,11-15H2,1H3,(H2,34,36)/t16-,17+,29-,30+/m1/s1. The van der Waals surface area contributed by atoms with Crippen LogP contribution < -0.4 is 20.7 Å². The number of halogens is 3. The molecule has 2 bridgehead atoms. The number of benzene rings is 1. The number of hydrogen-bond donors (Lipinski definition) is 2. The SMILES string of the molecule is COC[C@@]12CC[C@@H](CN(c3nc(OC[C@@]45CCCN4C[C@H](F)C5)nc4c(F)c(-c5ccc(F)c6sc(N)nc56)ncc34)C1)N2. The number of anilines is 2. The fourth-order valence-corrected chi connectivity index (χ4v) is 8.69. The number of nitrogens with zero attached hydrogens (tertiary/aromatic N) is 6. The average Bonchev–Trinajstić information content (AvgIpc) is 3.73. The van der Waals surface area contributed by atoms with E-state index in [-0.39, 0.29) is 50.8 Å². The molecule has 4 atom stereocenters. The molecule has 4 aliphatic rings. The van der Waals surface area contributed by atoms with Gasteiger partial charge in [-0.25, -0.2) is 18.2 Å². The number of fused-ring (bicyclic) bond motifs is 5. The van der Waals surface area contributed by atoms with E-state index in [0.29, 0.717) is 49.4 Å². The van der Waals surface area contributed by atoms with Crippen molar-refractivity contribution in [3.05, 3.63) is 30.0 Å². The maximum absolute atomic E-state index is 16.6. The first-order valence-electron chi connectivity index (χ1n) is 15.0. The van der Waals surface area contributed by atoms with Crippen molar-refractivity contribution in [2.45, 2.75) is 55.4 Å². The van der Waals surface area contributed by atoms with Crippen molar-refractivity contribution in [1.82, 2.24) is 30.2 Å². The van der Waals surface area contributed by atoms with Gasteiger partial charge in [-0.15, -0.1) is 0 Å². The van der Waals surface area contributed by atoms with Crippen molar-refractivity contribution in [2.24, 2.45) is 0 Å². The first-order valence-corrected chi connectivity index (χ1v) is 15.8. The molecular weight excluding hydrogens is 593 g/mol. The Bertz CT molecular complexity index is 1770. The highest BCUT2D eigenvalue weighted by atomic mass is 32.1. The minimum Gasteiger partial charge on any atom is -0.461 e. The lowest BCUT2D eigenvalue weighted by Crippen LogP contribution is -2.61. The topological polar surface area (TPSA) is 115 Å². The zero-order valence-electron chi connectivity index (χ0n) is 24.3. The Kier molecular flexibility index (Phi) is 6.63. The number of aromatic nitrogens is 4. The van der Waals surface area contributed by atoms with Crippen LogP contribution in [0.5, 0.6) is 6.01 Å². The third-order valence-corrected chi connectivity index (χ3v) is 10.7. The summed E-state index contributed by atoms with van der Waals surface area (Å²) < 4.78 is 57.7. The fourth-order valence-electron chi connectivity index (χ4n) is 7.93. The predicted molar refractivity (Wildman–Crippen MR) is 162 cm³/mol. The van der Waals surface area contributed by atoms with Crippen LogP contribution in [0.4, 0.5) is 24.1 Å². The number of nitrogen functional groups attached to an aromatic ring is 1. The molecule has 7 heterocycles. The van der Waals surface area contributed by atoms with Gasteiger partial charge >= 0.3 is 6.01 Å². The summed E-state index contributed by atoms with van der Waals surface area (Å²) in [5.74, 6) is -0.652. The van der Waals surface area contributed by atoms with Gasteiger partial charge in [0.15, 0.2) is 10.9 Å². The molecule has 4 fully saturated rings. The van der Waals surface area contributed by atoms with Crippen molar-refractivity contribution in [3.8, 4) is 17.3 Å². The first kappa shape index (κ1) is 28.2. The highest BCUT2D eigenvalue weighted by Crippen LogP contribution is 2.42. The molecule has 4 saturated heterocycles. The molecule has 1 aromatic carbocycles. The van der Waals surface area contributed by atoms with E-state index in [2.05, 4.69) is 30.1 Å². The quantitative estimate of drug-likeness (QED) is 0.311. The van der Waals surface area contributed by atoms with Crippen LogP contribution in [-0.4, -0.2) is 94.6 Å². The average molecular weight is 627 g/mol. The summed E-state index contributed by atoms with van der Waals surface area (Å²) in [6.07, 6.45) is 4.79. The summed E-state index contributed by atoms with van der Waals surface area (Å²) in [6.45, 7) is 3.24. The summed E-state index contributed by atoms with van der Waals surface area (Å²) >= 11 is 0.999. The number of pyridine rings is 1. The Balaban J connectivity index is 1.24.